The van der Waals surface area contributed by atoms with Crippen LogP contribution in [0.5, 0.6) is 5.75 Å². The lowest BCUT2D eigenvalue weighted by Gasteiger charge is -2.21. The number of carbonyl (C=O) groups is 1. The Hall–Kier alpha value is -1.47. The van der Waals surface area contributed by atoms with Gasteiger partial charge in [0.2, 0.25) is 5.91 Å². The van der Waals surface area contributed by atoms with E-state index >= 15 is 0 Å². The number of benzene rings is 1. The van der Waals surface area contributed by atoms with Crippen molar-refractivity contribution in [2.45, 2.75) is 39.1 Å². The summed E-state index contributed by atoms with van der Waals surface area (Å²) in [5, 5.41) is 0. The minimum atomic E-state index is -4.72. The maximum Gasteiger partial charge on any atom is 0.573 e. The molecule has 0 heterocycles. The number of nitrogens with zero attached hydrogens (tertiary/aromatic N) is 1. The fourth-order valence-electron chi connectivity index (χ4n) is 1.92. The van der Waals surface area contributed by atoms with Gasteiger partial charge in [0, 0.05) is 19.6 Å². The average molecular weight is 369 g/mol. The zero-order valence-corrected chi connectivity index (χ0v) is 14.8. The van der Waals surface area contributed by atoms with E-state index in [4.69, 9.17) is 5.73 Å². The van der Waals surface area contributed by atoms with Crippen LogP contribution in [0.15, 0.2) is 24.3 Å². The van der Waals surface area contributed by atoms with Crippen molar-refractivity contribution in [2.24, 2.45) is 11.7 Å². The van der Waals surface area contributed by atoms with Crippen LogP contribution in [0.4, 0.5) is 13.2 Å². The summed E-state index contributed by atoms with van der Waals surface area (Å²) in [5.74, 6) is -0.0601. The van der Waals surface area contributed by atoms with Gasteiger partial charge >= 0.3 is 6.36 Å². The van der Waals surface area contributed by atoms with Crippen molar-refractivity contribution in [1.82, 2.24) is 4.90 Å². The van der Waals surface area contributed by atoms with Crippen LogP contribution >= 0.6 is 12.4 Å². The standard InChI is InChI=1S/C16H23F3N2O2.ClH/c1-11(2)14(20)8-9-21(3)15(22)10-12-4-6-13(7-5-12)23-16(17,18)19;/h4-7,11,14H,8-10,20H2,1-3H3;1H. The first kappa shape index (κ1) is 22.5. The molecule has 1 aromatic carbocycles. The van der Waals surface area contributed by atoms with Gasteiger partial charge in [0.15, 0.2) is 0 Å². The predicted molar refractivity (Wildman–Crippen MR) is 89.1 cm³/mol. The van der Waals surface area contributed by atoms with Gasteiger partial charge in [-0.25, -0.2) is 0 Å². The van der Waals surface area contributed by atoms with Gasteiger partial charge in [0.05, 0.1) is 6.42 Å². The first-order chi connectivity index (χ1) is 10.6. The summed E-state index contributed by atoms with van der Waals surface area (Å²) in [7, 11) is 1.69. The number of halogens is 4. The van der Waals surface area contributed by atoms with Crippen LogP contribution in [-0.4, -0.2) is 36.8 Å². The molecule has 1 atom stereocenters. The lowest BCUT2D eigenvalue weighted by molar-refractivity contribution is -0.274. The molecule has 0 saturated heterocycles. The molecule has 0 radical (unpaired) electrons. The van der Waals surface area contributed by atoms with E-state index in [0.29, 0.717) is 24.4 Å². The number of hydrogen-bond donors (Lipinski definition) is 1. The van der Waals surface area contributed by atoms with Gasteiger partial charge < -0.3 is 15.4 Å². The van der Waals surface area contributed by atoms with Crippen molar-refractivity contribution in [3.8, 4) is 5.75 Å². The van der Waals surface area contributed by atoms with Gasteiger partial charge in [-0.1, -0.05) is 26.0 Å². The summed E-state index contributed by atoms with van der Waals surface area (Å²) in [6.45, 7) is 4.60. The number of nitrogens with two attached hydrogens (primary N) is 1. The Balaban J connectivity index is 0.00000529. The van der Waals surface area contributed by atoms with E-state index < -0.39 is 6.36 Å². The number of carbonyl (C=O) groups excluding carboxylic acids is 1. The molecule has 1 rings (SSSR count). The predicted octanol–water partition coefficient (Wildman–Crippen LogP) is 3.38. The van der Waals surface area contributed by atoms with Crippen molar-refractivity contribution in [3.05, 3.63) is 29.8 Å². The molecule has 8 heteroatoms. The van der Waals surface area contributed by atoms with Crippen LogP contribution in [0.25, 0.3) is 0 Å². The molecule has 0 aliphatic rings. The number of rotatable bonds is 7. The lowest BCUT2D eigenvalue weighted by atomic mass is 10.0. The van der Waals surface area contributed by atoms with Crippen LogP contribution in [0.1, 0.15) is 25.8 Å². The lowest BCUT2D eigenvalue weighted by Crippen LogP contribution is -2.35. The highest BCUT2D eigenvalue weighted by molar-refractivity contribution is 5.85. The van der Waals surface area contributed by atoms with Crippen molar-refractivity contribution >= 4 is 18.3 Å². The smallest absolute Gasteiger partial charge is 0.406 e. The van der Waals surface area contributed by atoms with Crippen molar-refractivity contribution in [1.29, 1.82) is 0 Å². The second-order valence-electron chi connectivity index (χ2n) is 5.88. The van der Waals surface area contributed by atoms with Gasteiger partial charge in [0.25, 0.3) is 0 Å². The average Bonchev–Trinajstić information content (AvgIpc) is 2.44. The zero-order valence-electron chi connectivity index (χ0n) is 14.0. The first-order valence-electron chi connectivity index (χ1n) is 7.42. The Kier molecular flexibility index (Phi) is 9.14. The number of ether oxygens (including phenoxy) is 1. The Morgan fingerprint density at radius 3 is 2.25 bits per heavy atom. The first-order valence-corrected chi connectivity index (χ1v) is 7.42. The van der Waals surface area contributed by atoms with E-state index in [2.05, 4.69) is 4.74 Å². The monoisotopic (exact) mass is 368 g/mol. The molecule has 24 heavy (non-hydrogen) atoms. The van der Waals surface area contributed by atoms with Crippen LogP contribution in [-0.2, 0) is 11.2 Å². The summed E-state index contributed by atoms with van der Waals surface area (Å²) in [4.78, 5) is 13.7. The topological polar surface area (TPSA) is 55.6 Å². The van der Waals surface area contributed by atoms with E-state index in [1.54, 1.807) is 11.9 Å². The highest BCUT2D eigenvalue weighted by Gasteiger charge is 2.30. The van der Waals surface area contributed by atoms with Crippen molar-refractivity contribution in [3.63, 3.8) is 0 Å². The molecule has 0 spiro atoms. The zero-order chi connectivity index (χ0) is 17.6. The molecule has 0 aromatic heterocycles. The summed E-state index contributed by atoms with van der Waals surface area (Å²) >= 11 is 0. The Morgan fingerprint density at radius 1 is 1.25 bits per heavy atom. The van der Waals surface area contributed by atoms with Gasteiger partial charge in [-0.3, -0.25) is 4.79 Å². The molecule has 2 N–H and O–H groups in total. The normalized spacial score (nSPS) is 12.5. The summed E-state index contributed by atoms with van der Waals surface area (Å²) < 4.78 is 40.0. The molecule has 1 amide bonds. The summed E-state index contributed by atoms with van der Waals surface area (Å²) in [6.07, 6.45) is -3.88. The molecule has 0 saturated carbocycles. The Bertz CT molecular complexity index is 507. The molecule has 0 aliphatic heterocycles. The summed E-state index contributed by atoms with van der Waals surface area (Å²) in [6, 6.07) is 5.33. The van der Waals surface area contributed by atoms with Crippen LogP contribution < -0.4 is 10.5 Å². The molecule has 0 fully saturated rings. The largest absolute Gasteiger partial charge is 0.573 e. The van der Waals surface area contributed by atoms with Gasteiger partial charge in [-0.2, -0.15) is 0 Å². The second kappa shape index (κ2) is 9.74. The summed E-state index contributed by atoms with van der Waals surface area (Å²) in [5.41, 5.74) is 6.57. The van der Waals surface area contributed by atoms with Crippen LogP contribution in [0, 0.1) is 5.92 Å². The Labute approximate surface area is 146 Å². The van der Waals surface area contributed by atoms with E-state index in [-0.39, 0.29) is 36.5 Å². The number of amides is 1. The highest BCUT2D eigenvalue weighted by atomic mass is 35.5. The SMILES string of the molecule is CC(C)C(N)CCN(C)C(=O)Cc1ccc(OC(F)(F)F)cc1.Cl. The highest BCUT2D eigenvalue weighted by Crippen LogP contribution is 2.22. The number of hydrogen-bond acceptors (Lipinski definition) is 3. The van der Waals surface area contributed by atoms with Gasteiger partial charge in [-0.05, 0) is 30.0 Å². The molecule has 138 valence electrons. The quantitative estimate of drug-likeness (QED) is 0.802. The fourth-order valence-corrected chi connectivity index (χ4v) is 1.92. The number of likely N-dealkylation sites (N-methyl/N-ethyl adjacent to an activating group) is 1. The van der Waals surface area contributed by atoms with Gasteiger partial charge in [0.1, 0.15) is 5.75 Å². The van der Waals surface area contributed by atoms with Gasteiger partial charge in [-0.15, -0.1) is 25.6 Å². The third-order valence-electron chi connectivity index (χ3n) is 3.59. The van der Waals surface area contributed by atoms with Crippen LogP contribution in [0.3, 0.4) is 0 Å². The van der Waals surface area contributed by atoms with Crippen LogP contribution in [0.2, 0.25) is 0 Å². The third-order valence-corrected chi connectivity index (χ3v) is 3.59. The van der Waals surface area contributed by atoms with Crippen molar-refractivity contribution < 1.29 is 22.7 Å². The Morgan fingerprint density at radius 2 is 1.79 bits per heavy atom. The maximum absolute atomic E-state index is 12.1. The molecular weight excluding hydrogens is 345 g/mol. The minimum absolute atomic E-state index is 0. The van der Waals surface area contributed by atoms with E-state index in [0.717, 1.165) is 0 Å². The molecular formula is C16H24ClF3N2O2. The second-order valence-corrected chi connectivity index (χ2v) is 5.88. The molecule has 0 aliphatic carbocycles. The van der Waals surface area contributed by atoms with Crippen molar-refractivity contribution in [2.75, 3.05) is 13.6 Å². The maximum atomic E-state index is 12.1. The fraction of sp³-hybridized carbons (Fsp3) is 0.562. The number of alkyl halides is 3. The molecule has 1 aromatic rings. The molecule has 4 nitrogen and oxygen atoms in total. The van der Waals surface area contributed by atoms with E-state index in [9.17, 15) is 18.0 Å². The van der Waals surface area contributed by atoms with E-state index in [1.165, 1.54) is 24.3 Å². The third kappa shape index (κ3) is 8.40. The molecule has 0 bridgehead atoms. The van der Waals surface area contributed by atoms with E-state index in [1.807, 2.05) is 13.8 Å². The molecule has 1 unspecified atom stereocenters. The minimum Gasteiger partial charge on any atom is -0.406 e.